The third-order valence-corrected chi connectivity index (χ3v) is 4.21. The van der Waals surface area contributed by atoms with Crippen LogP contribution in [0.15, 0.2) is 29.2 Å². The van der Waals surface area contributed by atoms with Crippen LogP contribution in [0, 0.1) is 5.92 Å². The van der Waals surface area contributed by atoms with Gasteiger partial charge in [-0.2, -0.15) is 4.40 Å². The Kier molecular flexibility index (Phi) is 7.37. The summed E-state index contributed by atoms with van der Waals surface area (Å²) in [6, 6.07) is 0. The minimum atomic E-state index is -1.17. The SMILES string of the molecule is C=CC[C@@H](CCC(=C)C)/C(C)=N/S(=O)C(C)(C)C. The van der Waals surface area contributed by atoms with Gasteiger partial charge in [0.05, 0.1) is 4.75 Å². The predicted octanol–water partition coefficient (Wildman–Crippen LogP) is 4.46. The van der Waals surface area contributed by atoms with Crippen molar-refractivity contribution in [2.45, 2.75) is 58.6 Å². The summed E-state index contributed by atoms with van der Waals surface area (Å²) >= 11 is 0. The maximum Gasteiger partial charge on any atom is 0.144 e. The molecule has 0 saturated heterocycles. The van der Waals surface area contributed by atoms with E-state index in [0.29, 0.717) is 5.92 Å². The van der Waals surface area contributed by atoms with Crippen molar-refractivity contribution < 1.29 is 4.21 Å². The van der Waals surface area contributed by atoms with Crippen LogP contribution in [0.1, 0.15) is 53.9 Å². The molecule has 0 aliphatic rings. The van der Waals surface area contributed by atoms with Crippen LogP contribution in [0.3, 0.4) is 0 Å². The first-order chi connectivity index (χ1) is 8.18. The molecule has 0 aromatic carbocycles. The van der Waals surface area contributed by atoms with Gasteiger partial charge < -0.3 is 0 Å². The summed E-state index contributed by atoms with van der Waals surface area (Å²) in [4.78, 5) is 0. The van der Waals surface area contributed by atoms with Gasteiger partial charge in [-0.1, -0.05) is 11.6 Å². The Hall–Kier alpha value is -0.700. The number of allylic oxidation sites excluding steroid dienone is 2. The molecule has 0 N–H and O–H groups in total. The Bertz CT molecular complexity index is 350. The molecule has 0 bridgehead atoms. The average molecular weight is 269 g/mol. The van der Waals surface area contributed by atoms with Gasteiger partial charge in [-0.05, 0) is 53.9 Å². The van der Waals surface area contributed by atoms with Gasteiger partial charge in [0.15, 0.2) is 0 Å². The largest absolute Gasteiger partial charge is 0.234 e. The Morgan fingerprint density at radius 3 is 2.33 bits per heavy atom. The standard InChI is InChI=1S/C15H27NOS/c1-8-9-14(11-10-12(2)3)13(4)16-18(17)15(5,6)7/h8,14H,1-2,9-11H2,3-7H3/b16-13+/t14-,18?/m0/s1. The van der Waals surface area contributed by atoms with Gasteiger partial charge in [-0.15, -0.1) is 13.2 Å². The van der Waals surface area contributed by atoms with E-state index in [9.17, 15) is 4.21 Å². The lowest BCUT2D eigenvalue weighted by atomic mass is 9.93. The van der Waals surface area contributed by atoms with Crippen molar-refractivity contribution in [3.8, 4) is 0 Å². The van der Waals surface area contributed by atoms with E-state index in [1.54, 1.807) is 0 Å². The zero-order valence-electron chi connectivity index (χ0n) is 12.5. The van der Waals surface area contributed by atoms with Gasteiger partial charge in [0.1, 0.15) is 11.0 Å². The summed E-state index contributed by atoms with van der Waals surface area (Å²) in [7, 11) is -1.17. The highest BCUT2D eigenvalue weighted by molar-refractivity contribution is 7.85. The Balaban J connectivity index is 4.79. The zero-order valence-corrected chi connectivity index (χ0v) is 13.3. The van der Waals surface area contributed by atoms with Gasteiger partial charge >= 0.3 is 0 Å². The molecule has 0 radical (unpaired) electrons. The monoisotopic (exact) mass is 269 g/mol. The van der Waals surface area contributed by atoms with Crippen molar-refractivity contribution in [2.24, 2.45) is 10.3 Å². The van der Waals surface area contributed by atoms with Gasteiger partial charge in [-0.3, -0.25) is 0 Å². The highest BCUT2D eigenvalue weighted by Gasteiger charge is 2.20. The fourth-order valence-electron chi connectivity index (χ4n) is 1.46. The zero-order chi connectivity index (χ0) is 14.3. The van der Waals surface area contributed by atoms with Crippen LogP contribution in [-0.2, 0) is 11.0 Å². The lowest BCUT2D eigenvalue weighted by Crippen LogP contribution is -2.22. The first-order valence-corrected chi connectivity index (χ1v) is 7.51. The molecular formula is C15H27NOS. The molecule has 0 aromatic heterocycles. The van der Waals surface area contributed by atoms with Crippen LogP contribution in [0.4, 0.5) is 0 Å². The topological polar surface area (TPSA) is 29.4 Å². The fourth-order valence-corrected chi connectivity index (χ4v) is 2.15. The third-order valence-electron chi connectivity index (χ3n) is 2.71. The predicted molar refractivity (Wildman–Crippen MR) is 83.4 cm³/mol. The van der Waals surface area contributed by atoms with Crippen molar-refractivity contribution in [1.82, 2.24) is 0 Å². The molecule has 0 amide bonds. The molecule has 18 heavy (non-hydrogen) atoms. The van der Waals surface area contributed by atoms with E-state index in [2.05, 4.69) is 17.6 Å². The minimum absolute atomic E-state index is 0.297. The van der Waals surface area contributed by atoms with Crippen molar-refractivity contribution in [3.63, 3.8) is 0 Å². The van der Waals surface area contributed by atoms with Crippen LogP contribution in [-0.4, -0.2) is 14.7 Å². The quantitative estimate of drug-likeness (QED) is 0.495. The van der Waals surface area contributed by atoms with Crippen molar-refractivity contribution in [2.75, 3.05) is 0 Å². The van der Waals surface area contributed by atoms with Crippen LogP contribution < -0.4 is 0 Å². The summed E-state index contributed by atoms with van der Waals surface area (Å²) in [5, 5.41) is 0. The smallest absolute Gasteiger partial charge is 0.144 e. The molecule has 3 heteroatoms. The molecule has 0 aliphatic carbocycles. The van der Waals surface area contributed by atoms with E-state index in [-0.39, 0.29) is 4.75 Å². The number of hydrogen-bond donors (Lipinski definition) is 0. The lowest BCUT2D eigenvalue weighted by Gasteiger charge is -2.18. The molecular weight excluding hydrogens is 242 g/mol. The van der Waals surface area contributed by atoms with Gasteiger partial charge in [0.2, 0.25) is 0 Å². The molecule has 2 nitrogen and oxygen atoms in total. The van der Waals surface area contributed by atoms with E-state index >= 15 is 0 Å². The highest BCUT2D eigenvalue weighted by atomic mass is 32.2. The molecule has 0 heterocycles. The number of rotatable bonds is 7. The Labute approximate surface area is 115 Å². The summed E-state index contributed by atoms with van der Waals surface area (Å²) in [5.41, 5.74) is 2.14. The minimum Gasteiger partial charge on any atom is -0.234 e. The van der Waals surface area contributed by atoms with Crippen LogP contribution in [0.25, 0.3) is 0 Å². The van der Waals surface area contributed by atoms with Crippen LogP contribution >= 0.6 is 0 Å². The van der Waals surface area contributed by atoms with E-state index in [4.69, 9.17) is 0 Å². The van der Waals surface area contributed by atoms with E-state index in [1.165, 1.54) is 5.57 Å². The molecule has 0 rings (SSSR count). The van der Waals surface area contributed by atoms with Crippen LogP contribution in [0.5, 0.6) is 0 Å². The van der Waals surface area contributed by atoms with Gasteiger partial charge in [-0.25, -0.2) is 4.21 Å². The highest BCUT2D eigenvalue weighted by Crippen LogP contribution is 2.20. The number of hydrogen-bond acceptors (Lipinski definition) is 1. The fraction of sp³-hybridized carbons (Fsp3) is 0.667. The first kappa shape index (κ1) is 17.3. The van der Waals surface area contributed by atoms with Crippen LogP contribution in [0.2, 0.25) is 0 Å². The summed E-state index contributed by atoms with van der Waals surface area (Å²) in [5.74, 6) is 0.325. The maximum atomic E-state index is 12.0. The number of nitrogens with zero attached hydrogens (tertiary/aromatic N) is 1. The molecule has 0 fully saturated rings. The molecule has 1 unspecified atom stereocenters. The molecule has 0 aliphatic heterocycles. The molecule has 0 aromatic rings. The molecule has 104 valence electrons. The third kappa shape index (κ3) is 6.90. The first-order valence-electron chi connectivity index (χ1n) is 6.41. The van der Waals surface area contributed by atoms with Crippen molar-refractivity contribution in [1.29, 1.82) is 0 Å². The summed E-state index contributed by atoms with van der Waals surface area (Å²) in [6.07, 6.45) is 4.76. The van der Waals surface area contributed by atoms with E-state index in [0.717, 1.165) is 25.0 Å². The van der Waals surface area contributed by atoms with Gasteiger partial charge in [0.25, 0.3) is 0 Å². The maximum absolute atomic E-state index is 12.0. The summed E-state index contributed by atoms with van der Waals surface area (Å²) < 4.78 is 16.1. The van der Waals surface area contributed by atoms with Crippen molar-refractivity contribution >= 4 is 16.7 Å². The lowest BCUT2D eigenvalue weighted by molar-refractivity contribution is 0.626. The van der Waals surface area contributed by atoms with Crippen molar-refractivity contribution in [3.05, 3.63) is 24.8 Å². The molecule has 2 atom stereocenters. The second kappa shape index (κ2) is 7.67. The summed E-state index contributed by atoms with van der Waals surface area (Å²) in [6.45, 7) is 17.5. The Morgan fingerprint density at radius 2 is 1.94 bits per heavy atom. The Morgan fingerprint density at radius 1 is 1.39 bits per heavy atom. The molecule has 0 saturated carbocycles. The second-order valence-electron chi connectivity index (χ2n) is 5.81. The normalized spacial score (nSPS) is 16.2. The average Bonchev–Trinajstić information content (AvgIpc) is 2.22. The van der Waals surface area contributed by atoms with Gasteiger partial charge in [0, 0.05) is 11.6 Å². The second-order valence-corrected chi connectivity index (χ2v) is 7.72. The van der Waals surface area contributed by atoms with E-state index < -0.39 is 11.0 Å². The molecule has 0 spiro atoms. The van der Waals surface area contributed by atoms with E-state index in [1.807, 2.05) is 40.7 Å².